The second-order valence-corrected chi connectivity index (χ2v) is 8.03. The van der Waals surface area contributed by atoms with Gasteiger partial charge in [-0.15, -0.1) is 0 Å². The molecule has 1 aromatic heterocycles. The number of Topliss-reactive ketones (excluding diaryl/α,β-unsaturated/α-hetero) is 2. The molecule has 0 fully saturated rings. The molecule has 6 heteroatoms. The maximum Gasteiger partial charge on any atom is 0.166 e. The Morgan fingerprint density at radius 3 is 2.74 bits per heavy atom. The smallest absolute Gasteiger partial charge is 0.166 e. The van der Waals surface area contributed by atoms with Crippen molar-refractivity contribution < 1.29 is 19.4 Å². The highest BCUT2D eigenvalue weighted by molar-refractivity contribution is 6.09. The lowest BCUT2D eigenvalue weighted by Crippen LogP contribution is -2.10. The number of rotatable bonds is 9. The van der Waals surface area contributed by atoms with Crippen LogP contribution in [-0.4, -0.2) is 28.8 Å². The zero-order chi connectivity index (χ0) is 22.4. The number of anilines is 1. The summed E-state index contributed by atoms with van der Waals surface area (Å²) in [6.07, 6.45) is 8.01. The lowest BCUT2D eigenvalue weighted by atomic mass is 9.86. The van der Waals surface area contributed by atoms with Crippen LogP contribution < -0.4 is 10.5 Å². The number of hydrogen-bond acceptors (Lipinski definition) is 6. The summed E-state index contributed by atoms with van der Waals surface area (Å²) in [6, 6.07) is 7.10. The van der Waals surface area contributed by atoms with E-state index >= 15 is 0 Å². The molecule has 0 radical (unpaired) electrons. The van der Waals surface area contributed by atoms with E-state index in [-0.39, 0.29) is 29.7 Å². The third kappa shape index (κ3) is 5.51. The Hall–Kier alpha value is -3.15. The number of allylic oxidation sites excluding steroid dienone is 1. The number of benzene rings is 1. The Labute approximate surface area is 183 Å². The number of methoxy groups -OCH3 is 1. The number of phenolic OH excluding ortho intramolecular Hbond substituents is 1. The number of ketones is 2. The van der Waals surface area contributed by atoms with E-state index in [9.17, 15) is 14.7 Å². The maximum absolute atomic E-state index is 12.9. The maximum atomic E-state index is 12.9. The van der Waals surface area contributed by atoms with E-state index in [1.165, 1.54) is 7.11 Å². The minimum absolute atomic E-state index is 0.00797. The van der Waals surface area contributed by atoms with Crippen molar-refractivity contribution in [3.8, 4) is 11.5 Å². The number of phenols is 1. The Morgan fingerprint density at radius 2 is 2.06 bits per heavy atom. The molecule has 2 aromatic rings. The summed E-state index contributed by atoms with van der Waals surface area (Å²) in [5.74, 6) is 0.617. The van der Waals surface area contributed by atoms with Gasteiger partial charge in [-0.05, 0) is 65.8 Å². The van der Waals surface area contributed by atoms with Gasteiger partial charge >= 0.3 is 0 Å². The Morgan fingerprint density at radius 1 is 1.26 bits per heavy atom. The lowest BCUT2D eigenvalue weighted by Gasteiger charge is -2.19. The predicted molar refractivity (Wildman–Crippen MR) is 121 cm³/mol. The van der Waals surface area contributed by atoms with E-state index in [2.05, 4.69) is 11.9 Å². The largest absolute Gasteiger partial charge is 0.504 e. The number of hydrogen-bond donors (Lipinski definition) is 2. The van der Waals surface area contributed by atoms with Crippen LogP contribution in [0.15, 0.2) is 36.0 Å². The molecule has 6 nitrogen and oxygen atoms in total. The van der Waals surface area contributed by atoms with Crippen LogP contribution in [0.1, 0.15) is 74.5 Å². The number of aromatic hydroxyl groups is 1. The summed E-state index contributed by atoms with van der Waals surface area (Å²) in [6.45, 7) is 2.09. The number of carbonyl (C=O) groups is 2. The highest BCUT2D eigenvalue weighted by atomic mass is 16.5. The fourth-order valence-electron chi connectivity index (χ4n) is 4.05. The van der Waals surface area contributed by atoms with Gasteiger partial charge < -0.3 is 15.6 Å². The molecule has 0 spiro atoms. The van der Waals surface area contributed by atoms with Crippen molar-refractivity contribution in [1.29, 1.82) is 0 Å². The zero-order valence-corrected chi connectivity index (χ0v) is 18.2. The van der Waals surface area contributed by atoms with Gasteiger partial charge in [0.05, 0.1) is 13.5 Å². The van der Waals surface area contributed by atoms with Gasteiger partial charge in [0.1, 0.15) is 11.6 Å². The van der Waals surface area contributed by atoms with E-state index in [0.29, 0.717) is 36.4 Å². The first-order chi connectivity index (χ1) is 14.9. The topological polar surface area (TPSA) is 103 Å². The van der Waals surface area contributed by atoms with Crippen molar-refractivity contribution in [2.24, 2.45) is 0 Å². The molecule has 1 aromatic carbocycles. The van der Waals surface area contributed by atoms with Crippen LogP contribution in [-0.2, 0) is 9.59 Å². The van der Waals surface area contributed by atoms with Gasteiger partial charge in [-0.25, -0.2) is 4.98 Å². The van der Waals surface area contributed by atoms with Crippen LogP contribution in [0, 0.1) is 0 Å². The molecule has 1 aliphatic rings. The number of carbonyl (C=O) groups excluding carboxylic acids is 2. The zero-order valence-electron chi connectivity index (χ0n) is 18.2. The number of aromatic nitrogens is 1. The average Bonchev–Trinajstić information content (AvgIpc) is 2.93. The molecule has 3 N–H and O–H groups in total. The van der Waals surface area contributed by atoms with E-state index in [1.807, 2.05) is 12.1 Å². The van der Waals surface area contributed by atoms with Crippen molar-refractivity contribution in [2.75, 3.05) is 12.8 Å². The van der Waals surface area contributed by atoms with Gasteiger partial charge in [0.15, 0.2) is 17.3 Å². The molecule has 1 aliphatic carbocycles. The van der Waals surface area contributed by atoms with Crippen LogP contribution >= 0.6 is 0 Å². The molecule has 3 rings (SSSR count). The Kier molecular flexibility index (Phi) is 7.45. The van der Waals surface area contributed by atoms with Gasteiger partial charge in [-0.3, -0.25) is 9.59 Å². The van der Waals surface area contributed by atoms with Crippen LogP contribution in [0.25, 0.3) is 6.08 Å². The molecule has 0 bridgehead atoms. The van der Waals surface area contributed by atoms with E-state index in [0.717, 1.165) is 36.0 Å². The second-order valence-electron chi connectivity index (χ2n) is 8.03. The van der Waals surface area contributed by atoms with Crippen molar-refractivity contribution >= 4 is 23.5 Å². The predicted octanol–water partition coefficient (Wildman–Crippen LogP) is 4.80. The van der Waals surface area contributed by atoms with Gasteiger partial charge in [-0.1, -0.05) is 25.8 Å². The summed E-state index contributed by atoms with van der Waals surface area (Å²) in [4.78, 5) is 29.4. The minimum Gasteiger partial charge on any atom is -0.504 e. The monoisotopic (exact) mass is 422 g/mol. The SMILES string of the molecule is CCCCCC(=O)CC(=O)C1=Cc2cc(OC)c(O)cc2[C@@H](c2ccc(N)nc2)CC1. The number of fused-ring (bicyclic) bond motifs is 1. The summed E-state index contributed by atoms with van der Waals surface area (Å²) in [5.41, 5.74) is 9.02. The minimum atomic E-state index is -0.129. The molecule has 31 heavy (non-hydrogen) atoms. The lowest BCUT2D eigenvalue weighted by molar-refractivity contribution is -0.125. The molecule has 0 saturated carbocycles. The second kappa shape index (κ2) is 10.2. The molecule has 164 valence electrons. The van der Waals surface area contributed by atoms with E-state index in [1.54, 1.807) is 24.4 Å². The quantitative estimate of drug-likeness (QED) is 0.445. The van der Waals surface area contributed by atoms with E-state index in [4.69, 9.17) is 10.5 Å². The molecule has 0 amide bonds. The summed E-state index contributed by atoms with van der Waals surface area (Å²) in [5, 5.41) is 10.4. The van der Waals surface area contributed by atoms with E-state index < -0.39 is 0 Å². The summed E-state index contributed by atoms with van der Waals surface area (Å²) >= 11 is 0. The average molecular weight is 423 g/mol. The first kappa shape index (κ1) is 22.5. The third-order valence-corrected chi connectivity index (χ3v) is 5.78. The molecule has 0 aliphatic heterocycles. The summed E-state index contributed by atoms with van der Waals surface area (Å²) in [7, 11) is 1.49. The van der Waals surface area contributed by atoms with Gasteiger partial charge in [0.2, 0.25) is 0 Å². The molecule has 0 saturated heterocycles. The standard InChI is InChI=1S/C25H30N2O4/c1-3-4-5-6-19(28)13-22(29)16-7-9-20(17-8-10-25(26)27-15-17)21-14-23(30)24(31-2)12-18(21)11-16/h8,10-12,14-15,20,30H,3-7,9,13H2,1-2H3,(H2,26,27)/t20-/m1/s1. The van der Waals surface area contributed by atoms with Crippen LogP contribution in [0.4, 0.5) is 5.82 Å². The van der Waals surface area contributed by atoms with Crippen LogP contribution in [0.3, 0.4) is 0 Å². The van der Waals surface area contributed by atoms with Crippen LogP contribution in [0.5, 0.6) is 11.5 Å². The van der Waals surface area contributed by atoms with Crippen molar-refractivity contribution in [2.45, 2.75) is 57.8 Å². The van der Waals surface area contributed by atoms with Gasteiger partial charge in [0.25, 0.3) is 0 Å². The molecular formula is C25H30N2O4. The molecule has 1 atom stereocenters. The number of pyridine rings is 1. The van der Waals surface area contributed by atoms with Crippen LogP contribution in [0.2, 0.25) is 0 Å². The Balaban J connectivity index is 1.91. The highest BCUT2D eigenvalue weighted by Crippen LogP contribution is 2.41. The fraction of sp³-hybridized carbons (Fsp3) is 0.400. The van der Waals surface area contributed by atoms with Crippen molar-refractivity contribution in [1.82, 2.24) is 4.98 Å². The fourth-order valence-corrected chi connectivity index (χ4v) is 4.05. The number of ether oxygens (including phenoxy) is 1. The molecular weight excluding hydrogens is 392 g/mol. The number of unbranched alkanes of at least 4 members (excludes halogenated alkanes) is 2. The number of nitrogens with two attached hydrogens (primary N) is 1. The summed E-state index contributed by atoms with van der Waals surface area (Å²) < 4.78 is 5.28. The normalized spacial score (nSPS) is 15.5. The number of nitrogen functional groups attached to an aromatic ring is 1. The van der Waals surface area contributed by atoms with Gasteiger partial charge in [-0.2, -0.15) is 0 Å². The van der Waals surface area contributed by atoms with Gasteiger partial charge in [0, 0.05) is 18.5 Å². The first-order valence-electron chi connectivity index (χ1n) is 10.8. The number of nitrogens with zero attached hydrogens (tertiary/aromatic N) is 1. The molecule has 1 heterocycles. The first-order valence-corrected chi connectivity index (χ1v) is 10.8. The van der Waals surface area contributed by atoms with Crippen molar-refractivity contribution in [3.05, 3.63) is 52.7 Å². The Bertz CT molecular complexity index is 980. The third-order valence-electron chi connectivity index (χ3n) is 5.78. The highest BCUT2D eigenvalue weighted by Gasteiger charge is 2.26. The van der Waals surface area contributed by atoms with Crippen molar-refractivity contribution in [3.63, 3.8) is 0 Å². The molecule has 0 unspecified atom stereocenters.